The number of hydrogen-bond donors (Lipinski definition) is 2. The average Bonchev–Trinajstić information content (AvgIpc) is 2.53. The largest absolute Gasteiger partial charge is 0.353 e. The zero-order chi connectivity index (χ0) is 14.8. The van der Waals surface area contributed by atoms with Crippen molar-refractivity contribution in [3.05, 3.63) is 0 Å². The molecule has 1 aliphatic carbocycles. The van der Waals surface area contributed by atoms with Crippen LogP contribution in [0.2, 0.25) is 0 Å². The van der Waals surface area contributed by atoms with Crippen molar-refractivity contribution in [2.75, 3.05) is 13.1 Å². The van der Waals surface area contributed by atoms with Gasteiger partial charge in [-0.2, -0.15) is 0 Å². The minimum atomic E-state index is -0.280. The van der Waals surface area contributed by atoms with Crippen molar-refractivity contribution in [2.24, 2.45) is 5.92 Å². The first kappa shape index (κ1) is 14.8. The van der Waals surface area contributed by atoms with E-state index in [1.54, 1.807) is 4.90 Å². The van der Waals surface area contributed by atoms with Gasteiger partial charge < -0.3 is 15.5 Å². The lowest BCUT2D eigenvalue weighted by molar-refractivity contribution is -0.145. The number of fused-ring (bicyclic) bond motifs is 1. The Kier molecular flexibility index (Phi) is 4.48. The Morgan fingerprint density at radius 3 is 2.86 bits per heavy atom. The number of piperidine rings is 1. The first-order chi connectivity index (χ1) is 10.2. The Labute approximate surface area is 126 Å². The lowest BCUT2D eigenvalue weighted by Gasteiger charge is -2.43. The van der Waals surface area contributed by atoms with Gasteiger partial charge in [-0.15, -0.1) is 0 Å². The maximum Gasteiger partial charge on any atom is 0.242 e. The van der Waals surface area contributed by atoms with E-state index in [-0.39, 0.29) is 23.9 Å². The van der Waals surface area contributed by atoms with Crippen molar-refractivity contribution >= 4 is 11.8 Å². The van der Waals surface area contributed by atoms with Crippen LogP contribution in [0.3, 0.4) is 0 Å². The highest BCUT2D eigenvalue weighted by Gasteiger charge is 2.39. The quantitative estimate of drug-likeness (QED) is 0.799. The van der Waals surface area contributed by atoms with Crippen LogP contribution < -0.4 is 10.6 Å². The number of rotatable bonds is 2. The summed E-state index contributed by atoms with van der Waals surface area (Å²) < 4.78 is 0. The van der Waals surface area contributed by atoms with Gasteiger partial charge in [0.1, 0.15) is 6.04 Å². The molecule has 5 heteroatoms. The summed E-state index contributed by atoms with van der Waals surface area (Å²) in [5.74, 6) is 0.901. The molecule has 0 aromatic carbocycles. The van der Waals surface area contributed by atoms with Crippen molar-refractivity contribution in [1.82, 2.24) is 15.5 Å². The Balaban J connectivity index is 1.65. The number of nitrogens with one attached hydrogen (secondary N) is 2. The number of hydrogen-bond acceptors (Lipinski definition) is 3. The summed E-state index contributed by atoms with van der Waals surface area (Å²) in [6.07, 6.45) is 7.90. The van der Waals surface area contributed by atoms with Gasteiger partial charge in [-0.05, 0) is 38.0 Å². The van der Waals surface area contributed by atoms with Crippen LogP contribution in [-0.2, 0) is 9.59 Å². The third-order valence-electron chi connectivity index (χ3n) is 5.45. The maximum absolute atomic E-state index is 12.8. The van der Waals surface area contributed by atoms with Gasteiger partial charge in [0, 0.05) is 19.1 Å². The van der Waals surface area contributed by atoms with Gasteiger partial charge in [-0.1, -0.05) is 19.8 Å². The molecule has 2 N–H and O–H groups in total. The third kappa shape index (κ3) is 2.93. The molecule has 0 spiro atoms. The molecule has 118 valence electrons. The van der Waals surface area contributed by atoms with E-state index in [9.17, 15) is 9.59 Å². The Morgan fingerprint density at radius 2 is 2.05 bits per heavy atom. The third-order valence-corrected chi connectivity index (χ3v) is 5.45. The van der Waals surface area contributed by atoms with E-state index in [4.69, 9.17) is 0 Å². The summed E-state index contributed by atoms with van der Waals surface area (Å²) >= 11 is 0. The predicted molar refractivity (Wildman–Crippen MR) is 80.7 cm³/mol. The van der Waals surface area contributed by atoms with Gasteiger partial charge in [0.05, 0.1) is 6.04 Å². The Hall–Kier alpha value is -1.10. The van der Waals surface area contributed by atoms with Gasteiger partial charge in [0.25, 0.3) is 0 Å². The van der Waals surface area contributed by atoms with Crippen LogP contribution in [0, 0.1) is 5.92 Å². The second kappa shape index (κ2) is 6.34. The second-order valence-corrected chi connectivity index (χ2v) is 6.69. The maximum atomic E-state index is 12.8. The Bertz CT molecular complexity index is 412. The highest BCUT2D eigenvalue weighted by molar-refractivity contribution is 5.90. The SMILES string of the molecule is CCC1C(=O)NCCN1C(=O)C1CCC2CCCCC2N1. The minimum Gasteiger partial charge on any atom is -0.353 e. The van der Waals surface area contributed by atoms with Crippen molar-refractivity contribution in [3.8, 4) is 0 Å². The standard InChI is InChI=1S/C16H27N3O2/c1-2-14-15(20)17-9-10-19(14)16(21)13-8-7-11-5-3-4-6-12(11)18-13/h11-14,18H,2-10H2,1H3,(H,17,20). The van der Waals surface area contributed by atoms with Crippen LogP contribution in [0.4, 0.5) is 0 Å². The molecule has 2 saturated heterocycles. The molecule has 2 amide bonds. The highest BCUT2D eigenvalue weighted by Crippen LogP contribution is 2.32. The Morgan fingerprint density at radius 1 is 1.24 bits per heavy atom. The van der Waals surface area contributed by atoms with Crippen LogP contribution in [0.5, 0.6) is 0 Å². The summed E-state index contributed by atoms with van der Waals surface area (Å²) in [6.45, 7) is 3.20. The molecule has 3 fully saturated rings. The van der Waals surface area contributed by atoms with Gasteiger partial charge in [0.2, 0.25) is 11.8 Å². The summed E-state index contributed by atoms with van der Waals surface area (Å²) in [6, 6.07) is 0.154. The van der Waals surface area contributed by atoms with Gasteiger partial charge in [-0.25, -0.2) is 0 Å². The highest BCUT2D eigenvalue weighted by atomic mass is 16.2. The van der Waals surface area contributed by atoms with Crippen molar-refractivity contribution < 1.29 is 9.59 Å². The molecule has 2 aliphatic heterocycles. The molecule has 21 heavy (non-hydrogen) atoms. The van der Waals surface area contributed by atoms with E-state index >= 15 is 0 Å². The van der Waals surface area contributed by atoms with E-state index in [0.29, 0.717) is 25.6 Å². The molecule has 0 aromatic heterocycles. The minimum absolute atomic E-state index is 0.00320. The predicted octanol–water partition coefficient (Wildman–Crippen LogP) is 1.03. The fourth-order valence-corrected chi connectivity index (χ4v) is 4.27. The summed E-state index contributed by atoms with van der Waals surface area (Å²) in [7, 11) is 0. The monoisotopic (exact) mass is 293 g/mol. The molecule has 5 nitrogen and oxygen atoms in total. The molecule has 0 radical (unpaired) electrons. The van der Waals surface area contributed by atoms with Crippen LogP contribution in [0.1, 0.15) is 51.9 Å². The zero-order valence-electron chi connectivity index (χ0n) is 12.9. The molecule has 0 bridgehead atoms. The van der Waals surface area contributed by atoms with Gasteiger partial charge in [0.15, 0.2) is 0 Å². The van der Waals surface area contributed by atoms with Crippen molar-refractivity contribution in [1.29, 1.82) is 0 Å². The molecule has 4 unspecified atom stereocenters. The summed E-state index contributed by atoms with van der Waals surface area (Å²) in [4.78, 5) is 26.6. The normalized spacial score (nSPS) is 36.8. The molecule has 3 rings (SSSR count). The van der Waals surface area contributed by atoms with Crippen LogP contribution in [0.15, 0.2) is 0 Å². The molecule has 4 atom stereocenters. The van der Waals surface area contributed by atoms with E-state index in [1.807, 2.05) is 6.92 Å². The molecular formula is C16H27N3O2. The zero-order valence-corrected chi connectivity index (χ0v) is 12.9. The van der Waals surface area contributed by atoms with Gasteiger partial charge in [-0.3, -0.25) is 9.59 Å². The molecule has 0 aromatic rings. The van der Waals surface area contributed by atoms with Gasteiger partial charge >= 0.3 is 0 Å². The summed E-state index contributed by atoms with van der Waals surface area (Å²) in [5, 5.41) is 6.45. The van der Waals surface area contributed by atoms with Crippen LogP contribution in [-0.4, -0.2) is 47.9 Å². The molecule has 1 saturated carbocycles. The number of piperazine rings is 1. The average molecular weight is 293 g/mol. The van der Waals surface area contributed by atoms with Crippen LogP contribution in [0.25, 0.3) is 0 Å². The summed E-state index contributed by atoms with van der Waals surface area (Å²) in [5.41, 5.74) is 0. The van der Waals surface area contributed by atoms with Crippen LogP contribution >= 0.6 is 0 Å². The first-order valence-corrected chi connectivity index (χ1v) is 8.55. The molecule has 3 aliphatic rings. The lowest BCUT2D eigenvalue weighted by Crippen LogP contribution is -2.62. The van der Waals surface area contributed by atoms with E-state index in [2.05, 4.69) is 10.6 Å². The smallest absolute Gasteiger partial charge is 0.242 e. The fourth-order valence-electron chi connectivity index (χ4n) is 4.27. The number of carbonyl (C=O) groups is 2. The molecule has 2 heterocycles. The molecular weight excluding hydrogens is 266 g/mol. The number of amides is 2. The first-order valence-electron chi connectivity index (χ1n) is 8.55. The topological polar surface area (TPSA) is 61.4 Å². The lowest BCUT2D eigenvalue weighted by atomic mass is 9.77. The van der Waals surface area contributed by atoms with E-state index in [1.165, 1.54) is 25.7 Å². The van der Waals surface area contributed by atoms with Crippen molar-refractivity contribution in [3.63, 3.8) is 0 Å². The van der Waals surface area contributed by atoms with E-state index < -0.39 is 0 Å². The number of carbonyl (C=O) groups excluding carboxylic acids is 2. The second-order valence-electron chi connectivity index (χ2n) is 6.69. The van der Waals surface area contributed by atoms with Crippen molar-refractivity contribution in [2.45, 2.75) is 70.0 Å². The van der Waals surface area contributed by atoms with E-state index in [0.717, 1.165) is 18.8 Å². The fraction of sp³-hybridized carbons (Fsp3) is 0.875. The number of nitrogens with zero attached hydrogens (tertiary/aromatic N) is 1.